The van der Waals surface area contributed by atoms with Crippen molar-refractivity contribution in [1.29, 1.82) is 0 Å². The van der Waals surface area contributed by atoms with Crippen LogP contribution >= 0.6 is 0 Å². The zero-order valence-electron chi connectivity index (χ0n) is 18.0. The molecule has 164 valence electrons. The topological polar surface area (TPSA) is 61.9 Å². The molecule has 2 aromatic carbocycles. The summed E-state index contributed by atoms with van der Waals surface area (Å²) in [5, 5.41) is 2.93. The Morgan fingerprint density at radius 1 is 0.839 bits per heavy atom. The minimum Gasteiger partial charge on any atom is -0.378 e. The molecule has 2 aliphatic heterocycles. The Morgan fingerprint density at radius 2 is 1.52 bits per heavy atom. The first-order valence-electron chi connectivity index (χ1n) is 11.3. The van der Waals surface area contributed by atoms with E-state index in [9.17, 15) is 9.59 Å². The summed E-state index contributed by atoms with van der Waals surface area (Å²) in [6.45, 7) is 5.46. The summed E-state index contributed by atoms with van der Waals surface area (Å²) in [6.07, 6.45) is 5.18. The molecule has 2 amide bonds. The van der Waals surface area contributed by atoms with E-state index in [1.54, 1.807) is 17.0 Å². The number of morpholine rings is 1. The highest BCUT2D eigenvalue weighted by Crippen LogP contribution is 2.20. The van der Waals surface area contributed by atoms with Crippen molar-refractivity contribution in [3.8, 4) is 0 Å². The maximum Gasteiger partial charge on any atom is 0.256 e. The van der Waals surface area contributed by atoms with Gasteiger partial charge in [-0.05, 0) is 55.8 Å². The fourth-order valence-electron chi connectivity index (χ4n) is 4.22. The standard InChI is InChI=1S/C25H31N3O3/c29-24(21-11-9-20(10-12-21)19-27-13-5-1-2-6-14-27)26-23-8-4-3-7-22(23)25(30)28-15-17-31-18-16-28/h3-4,7-12H,1-2,5-6,13-19H2,(H,26,29). The van der Waals surface area contributed by atoms with E-state index in [1.165, 1.54) is 31.2 Å². The molecule has 0 saturated carbocycles. The van der Waals surface area contributed by atoms with Gasteiger partial charge < -0.3 is 15.0 Å². The first-order valence-corrected chi connectivity index (χ1v) is 11.3. The second kappa shape index (κ2) is 10.6. The number of rotatable bonds is 5. The van der Waals surface area contributed by atoms with Gasteiger partial charge in [-0.15, -0.1) is 0 Å². The summed E-state index contributed by atoms with van der Waals surface area (Å²) in [4.78, 5) is 30.0. The van der Waals surface area contributed by atoms with Gasteiger partial charge in [0.15, 0.2) is 0 Å². The number of amides is 2. The van der Waals surface area contributed by atoms with Crippen molar-refractivity contribution in [2.75, 3.05) is 44.7 Å². The van der Waals surface area contributed by atoms with Crippen molar-refractivity contribution >= 4 is 17.5 Å². The molecule has 0 bridgehead atoms. The highest BCUT2D eigenvalue weighted by atomic mass is 16.5. The quantitative estimate of drug-likeness (QED) is 0.798. The van der Waals surface area contributed by atoms with Crippen LogP contribution in [-0.2, 0) is 11.3 Å². The highest BCUT2D eigenvalue weighted by Gasteiger charge is 2.21. The smallest absolute Gasteiger partial charge is 0.256 e. The average molecular weight is 422 g/mol. The van der Waals surface area contributed by atoms with E-state index < -0.39 is 0 Å². The fraction of sp³-hybridized carbons (Fsp3) is 0.440. The molecule has 2 fully saturated rings. The largest absolute Gasteiger partial charge is 0.378 e. The van der Waals surface area contributed by atoms with Gasteiger partial charge in [-0.3, -0.25) is 14.5 Å². The lowest BCUT2D eigenvalue weighted by molar-refractivity contribution is 0.0303. The molecule has 0 aromatic heterocycles. The number of nitrogens with one attached hydrogen (secondary N) is 1. The second-order valence-electron chi connectivity index (χ2n) is 8.29. The van der Waals surface area contributed by atoms with Crippen LogP contribution in [0, 0.1) is 0 Å². The van der Waals surface area contributed by atoms with Crippen LogP contribution in [-0.4, -0.2) is 61.0 Å². The molecular weight excluding hydrogens is 390 g/mol. The number of hydrogen-bond acceptors (Lipinski definition) is 4. The average Bonchev–Trinajstić information content (AvgIpc) is 3.09. The summed E-state index contributed by atoms with van der Waals surface area (Å²) >= 11 is 0. The van der Waals surface area contributed by atoms with E-state index in [2.05, 4.69) is 10.2 Å². The first-order chi connectivity index (χ1) is 15.2. The summed E-state index contributed by atoms with van der Waals surface area (Å²) in [5.41, 5.74) is 2.86. The van der Waals surface area contributed by atoms with Crippen LogP contribution in [0.5, 0.6) is 0 Å². The van der Waals surface area contributed by atoms with Crippen LogP contribution in [0.25, 0.3) is 0 Å². The van der Waals surface area contributed by atoms with Gasteiger partial charge >= 0.3 is 0 Å². The number of carbonyl (C=O) groups is 2. The van der Waals surface area contributed by atoms with Gasteiger partial charge in [0, 0.05) is 25.2 Å². The first kappa shape index (κ1) is 21.5. The van der Waals surface area contributed by atoms with Crippen LogP contribution in [0.2, 0.25) is 0 Å². The molecule has 2 saturated heterocycles. The Labute approximate surface area is 184 Å². The third-order valence-corrected chi connectivity index (χ3v) is 6.02. The Kier molecular flexibility index (Phi) is 7.33. The van der Waals surface area contributed by atoms with Crippen LogP contribution < -0.4 is 5.32 Å². The van der Waals surface area contributed by atoms with Crippen LogP contribution in [0.15, 0.2) is 48.5 Å². The fourth-order valence-corrected chi connectivity index (χ4v) is 4.22. The van der Waals surface area contributed by atoms with Crippen LogP contribution in [0.4, 0.5) is 5.69 Å². The molecule has 0 spiro atoms. The third-order valence-electron chi connectivity index (χ3n) is 6.02. The maximum absolute atomic E-state index is 12.9. The Balaban J connectivity index is 1.40. The molecule has 2 heterocycles. The molecule has 31 heavy (non-hydrogen) atoms. The van der Waals surface area contributed by atoms with Gasteiger partial charge in [0.2, 0.25) is 0 Å². The molecule has 0 unspecified atom stereocenters. The second-order valence-corrected chi connectivity index (χ2v) is 8.29. The van der Waals surface area contributed by atoms with Crippen LogP contribution in [0.1, 0.15) is 52.0 Å². The van der Waals surface area contributed by atoms with Crippen molar-refractivity contribution in [1.82, 2.24) is 9.80 Å². The molecule has 0 aliphatic carbocycles. The SMILES string of the molecule is O=C(Nc1ccccc1C(=O)N1CCOCC1)c1ccc(CN2CCCCCC2)cc1. The van der Waals surface area contributed by atoms with E-state index in [1.807, 2.05) is 36.4 Å². The summed E-state index contributed by atoms with van der Waals surface area (Å²) in [5.74, 6) is -0.282. The van der Waals surface area contributed by atoms with Crippen molar-refractivity contribution in [3.63, 3.8) is 0 Å². The monoisotopic (exact) mass is 421 g/mol. The van der Waals surface area contributed by atoms with Gasteiger partial charge in [0.05, 0.1) is 24.5 Å². The number of nitrogens with zero attached hydrogens (tertiary/aromatic N) is 2. The molecule has 6 nitrogen and oxygen atoms in total. The summed E-state index contributed by atoms with van der Waals surface area (Å²) < 4.78 is 5.34. The van der Waals surface area contributed by atoms with E-state index in [-0.39, 0.29) is 11.8 Å². The van der Waals surface area contributed by atoms with Gasteiger partial charge in [0.25, 0.3) is 11.8 Å². The molecule has 0 atom stereocenters. The maximum atomic E-state index is 12.9. The van der Waals surface area contributed by atoms with Crippen molar-refractivity contribution < 1.29 is 14.3 Å². The van der Waals surface area contributed by atoms with Crippen LogP contribution in [0.3, 0.4) is 0 Å². The number of likely N-dealkylation sites (tertiary alicyclic amines) is 1. The lowest BCUT2D eigenvalue weighted by Crippen LogP contribution is -2.41. The Bertz CT molecular complexity index is 883. The molecule has 2 aliphatic rings. The number of para-hydroxylation sites is 1. The minimum atomic E-state index is -0.205. The van der Waals surface area contributed by atoms with Gasteiger partial charge in [-0.25, -0.2) is 0 Å². The highest BCUT2D eigenvalue weighted by molar-refractivity contribution is 6.09. The van der Waals surface area contributed by atoms with E-state index >= 15 is 0 Å². The summed E-state index contributed by atoms with van der Waals surface area (Å²) in [6, 6.07) is 15.0. The summed E-state index contributed by atoms with van der Waals surface area (Å²) in [7, 11) is 0. The lowest BCUT2D eigenvalue weighted by Gasteiger charge is -2.27. The molecule has 4 rings (SSSR count). The number of carbonyl (C=O) groups excluding carboxylic acids is 2. The van der Waals surface area contributed by atoms with E-state index in [0.717, 1.165) is 19.6 Å². The minimum absolute atomic E-state index is 0.0769. The predicted molar refractivity (Wildman–Crippen MR) is 121 cm³/mol. The van der Waals surface area contributed by atoms with E-state index in [4.69, 9.17) is 4.74 Å². The third kappa shape index (κ3) is 5.71. The van der Waals surface area contributed by atoms with Gasteiger partial charge in [-0.1, -0.05) is 37.1 Å². The number of anilines is 1. The zero-order chi connectivity index (χ0) is 21.5. The zero-order valence-corrected chi connectivity index (χ0v) is 18.0. The molecule has 1 N–H and O–H groups in total. The normalized spacial score (nSPS) is 17.7. The Morgan fingerprint density at radius 3 is 2.23 bits per heavy atom. The van der Waals surface area contributed by atoms with Crippen molar-refractivity contribution in [2.45, 2.75) is 32.2 Å². The number of benzene rings is 2. The van der Waals surface area contributed by atoms with Crippen molar-refractivity contribution in [3.05, 3.63) is 65.2 Å². The molecule has 2 aromatic rings. The Hall–Kier alpha value is -2.70. The molecule has 0 radical (unpaired) electrons. The number of ether oxygens (including phenoxy) is 1. The van der Waals surface area contributed by atoms with E-state index in [0.29, 0.717) is 43.1 Å². The van der Waals surface area contributed by atoms with Crippen molar-refractivity contribution in [2.24, 2.45) is 0 Å². The van der Waals surface area contributed by atoms with Gasteiger partial charge in [-0.2, -0.15) is 0 Å². The molecular formula is C25H31N3O3. The molecule has 6 heteroatoms. The lowest BCUT2D eigenvalue weighted by atomic mass is 10.1. The predicted octanol–water partition coefficient (Wildman–Crippen LogP) is 3.79. The number of hydrogen-bond donors (Lipinski definition) is 1. The van der Waals surface area contributed by atoms with Gasteiger partial charge in [0.1, 0.15) is 0 Å².